The fourth-order valence-electron chi connectivity index (χ4n) is 1.89. The lowest BCUT2D eigenvalue weighted by atomic mass is 10.1. The molecule has 1 aromatic heterocycles. The van der Waals surface area contributed by atoms with E-state index in [2.05, 4.69) is 36.7 Å². The summed E-state index contributed by atoms with van der Waals surface area (Å²) in [6.45, 7) is 4.27. The Morgan fingerprint density at radius 1 is 1.12 bits per heavy atom. The van der Waals surface area contributed by atoms with E-state index in [0.717, 1.165) is 5.56 Å². The first-order chi connectivity index (χ1) is 8.16. The molecule has 2 rings (SSSR count). The first kappa shape index (κ1) is 12.1. The minimum absolute atomic E-state index is 0.221. The summed E-state index contributed by atoms with van der Waals surface area (Å²) in [5, 5.41) is 15.1. The van der Waals surface area contributed by atoms with E-state index in [1.54, 1.807) is 23.5 Å². The number of phenolic OH excluding ortho intramolecular Hbond substituents is 1. The van der Waals surface area contributed by atoms with Crippen LogP contribution in [0.4, 0.5) is 0 Å². The average molecular weight is 247 g/mol. The Morgan fingerprint density at radius 2 is 1.94 bits per heavy atom. The van der Waals surface area contributed by atoms with Gasteiger partial charge in [-0.2, -0.15) is 0 Å². The Hall–Kier alpha value is -1.32. The number of hydrogen-bond acceptors (Lipinski definition) is 3. The molecule has 0 bridgehead atoms. The molecular formula is C14H17NOS. The molecule has 0 fully saturated rings. The largest absolute Gasteiger partial charge is 0.508 e. The second kappa shape index (κ2) is 5.34. The van der Waals surface area contributed by atoms with Crippen molar-refractivity contribution in [3.05, 3.63) is 52.2 Å². The summed E-state index contributed by atoms with van der Waals surface area (Å²) < 4.78 is 0. The van der Waals surface area contributed by atoms with Gasteiger partial charge in [0.05, 0.1) is 0 Å². The maximum atomic E-state index is 9.45. The Balaban J connectivity index is 2.04. The number of rotatable bonds is 4. The molecule has 0 aliphatic heterocycles. The third-order valence-electron chi connectivity index (χ3n) is 2.84. The van der Waals surface area contributed by atoms with Gasteiger partial charge in [-0.1, -0.05) is 18.2 Å². The number of phenols is 1. The molecule has 17 heavy (non-hydrogen) atoms. The topological polar surface area (TPSA) is 32.3 Å². The average Bonchev–Trinajstić information content (AvgIpc) is 2.82. The van der Waals surface area contributed by atoms with E-state index in [-0.39, 0.29) is 6.04 Å². The van der Waals surface area contributed by atoms with Crippen LogP contribution in [0.5, 0.6) is 5.75 Å². The highest BCUT2D eigenvalue weighted by Crippen LogP contribution is 2.24. The van der Waals surface area contributed by atoms with Crippen LogP contribution in [0.2, 0.25) is 0 Å². The van der Waals surface area contributed by atoms with Crippen LogP contribution in [0, 0.1) is 0 Å². The van der Waals surface area contributed by atoms with Gasteiger partial charge in [-0.3, -0.25) is 0 Å². The van der Waals surface area contributed by atoms with E-state index in [4.69, 9.17) is 0 Å². The minimum atomic E-state index is 0.221. The quantitative estimate of drug-likeness (QED) is 0.859. The van der Waals surface area contributed by atoms with Crippen molar-refractivity contribution in [3.8, 4) is 5.75 Å². The third kappa shape index (κ3) is 3.08. The van der Waals surface area contributed by atoms with Crippen LogP contribution in [-0.2, 0) is 0 Å². The number of thiophene rings is 1. The van der Waals surface area contributed by atoms with Crippen LogP contribution in [0.1, 0.15) is 36.4 Å². The molecule has 2 aromatic rings. The smallest absolute Gasteiger partial charge is 0.115 e. The Kier molecular flexibility index (Phi) is 3.82. The molecule has 1 heterocycles. The molecule has 0 aliphatic carbocycles. The van der Waals surface area contributed by atoms with Crippen molar-refractivity contribution in [2.45, 2.75) is 25.9 Å². The lowest BCUT2D eigenvalue weighted by Crippen LogP contribution is -2.21. The summed E-state index contributed by atoms with van der Waals surface area (Å²) in [4.78, 5) is 1.33. The van der Waals surface area contributed by atoms with Gasteiger partial charge in [0.1, 0.15) is 5.75 Å². The normalized spacial score (nSPS) is 14.5. The van der Waals surface area contributed by atoms with Crippen molar-refractivity contribution in [1.82, 2.24) is 5.32 Å². The van der Waals surface area contributed by atoms with Crippen LogP contribution in [0.15, 0.2) is 41.8 Å². The standard InChI is InChI=1S/C14H17NOS/c1-10(12-5-3-6-13(16)9-12)15-11(2)14-7-4-8-17-14/h3-11,15-16H,1-2H3/t10?,11-/m0/s1. The number of hydrogen-bond donors (Lipinski definition) is 2. The van der Waals surface area contributed by atoms with Crippen molar-refractivity contribution >= 4 is 11.3 Å². The summed E-state index contributed by atoms with van der Waals surface area (Å²) in [7, 11) is 0. The monoisotopic (exact) mass is 247 g/mol. The van der Waals surface area contributed by atoms with E-state index in [0.29, 0.717) is 11.8 Å². The highest BCUT2D eigenvalue weighted by Gasteiger charge is 2.11. The van der Waals surface area contributed by atoms with Gasteiger partial charge in [0.25, 0.3) is 0 Å². The van der Waals surface area contributed by atoms with E-state index in [1.165, 1.54) is 4.88 Å². The fourth-order valence-corrected chi connectivity index (χ4v) is 2.63. The molecule has 1 unspecified atom stereocenters. The van der Waals surface area contributed by atoms with E-state index in [9.17, 15) is 5.11 Å². The SMILES string of the molecule is CC(N[C@@H](C)c1cccs1)c1cccc(O)c1. The molecule has 3 heteroatoms. The van der Waals surface area contributed by atoms with Crippen molar-refractivity contribution in [3.63, 3.8) is 0 Å². The Morgan fingerprint density at radius 3 is 2.59 bits per heavy atom. The van der Waals surface area contributed by atoms with Gasteiger partial charge in [0, 0.05) is 17.0 Å². The zero-order valence-electron chi connectivity index (χ0n) is 10.1. The second-order valence-electron chi connectivity index (χ2n) is 4.22. The number of benzene rings is 1. The lowest BCUT2D eigenvalue weighted by Gasteiger charge is -2.19. The molecule has 2 atom stereocenters. The Labute approximate surface area is 106 Å². The van der Waals surface area contributed by atoms with Crippen molar-refractivity contribution in [2.24, 2.45) is 0 Å². The van der Waals surface area contributed by atoms with E-state index < -0.39 is 0 Å². The van der Waals surface area contributed by atoms with Crippen molar-refractivity contribution < 1.29 is 5.11 Å². The molecule has 0 saturated heterocycles. The van der Waals surface area contributed by atoms with Gasteiger partial charge < -0.3 is 10.4 Å². The zero-order chi connectivity index (χ0) is 12.3. The summed E-state index contributed by atoms with van der Waals surface area (Å²) in [6.07, 6.45) is 0. The van der Waals surface area contributed by atoms with Crippen LogP contribution >= 0.6 is 11.3 Å². The minimum Gasteiger partial charge on any atom is -0.508 e. The maximum absolute atomic E-state index is 9.45. The van der Waals surface area contributed by atoms with Gasteiger partial charge in [-0.15, -0.1) is 11.3 Å². The van der Waals surface area contributed by atoms with E-state index in [1.807, 2.05) is 12.1 Å². The maximum Gasteiger partial charge on any atom is 0.115 e. The molecule has 1 aromatic carbocycles. The molecule has 0 spiro atoms. The first-order valence-electron chi connectivity index (χ1n) is 5.75. The number of nitrogens with one attached hydrogen (secondary N) is 1. The van der Waals surface area contributed by atoms with Crippen LogP contribution in [0.25, 0.3) is 0 Å². The van der Waals surface area contributed by atoms with Crippen molar-refractivity contribution in [2.75, 3.05) is 0 Å². The third-order valence-corrected chi connectivity index (χ3v) is 3.90. The molecule has 90 valence electrons. The lowest BCUT2D eigenvalue weighted by molar-refractivity contribution is 0.467. The molecular weight excluding hydrogens is 230 g/mol. The first-order valence-corrected chi connectivity index (χ1v) is 6.63. The highest BCUT2D eigenvalue weighted by molar-refractivity contribution is 7.10. The molecule has 0 saturated carbocycles. The highest BCUT2D eigenvalue weighted by atomic mass is 32.1. The van der Waals surface area contributed by atoms with E-state index >= 15 is 0 Å². The molecule has 0 radical (unpaired) electrons. The van der Waals surface area contributed by atoms with Gasteiger partial charge in [0.2, 0.25) is 0 Å². The molecule has 0 aliphatic rings. The predicted octanol–water partition coefficient (Wildman–Crippen LogP) is 3.87. The fraction of sp³-hybridized carbons (Fsp3) is 0.286. The summed E-state index contributed by atoms with van der Waals surface area (Å²) in [5.74, 6) is 0.319. The summed E-state index contributed by atoms with van der Waals surface area (Å²) >= 11 is 1.76. The van der Waals surface area contributed by atoms with Gasteiger partial charge >= 0.3 is 0 Å². The molecule has 0 amide bonds. The van der Waals surface area contributed by atoms with Gasteiger partial charge in [0.15, 0.2) is 0 Å². The van der Waals surface area contributed by atoms with Crippen LogP contribution in [0.3, 0.4) is 0 Å². The van der Waals surface area contributed by atoms with Crippen LogP contribution in [-0.4, -0.2) is 5.11 Å². The second-order valence-corrected chi connectivity index (χ2v) is 5.20. The van der Waals surface area contributed by atoms with Gasteiger partial charge in [-0.25, -0.2) is 0 Å². The summed E-state index contributed by atoms with van der Waals surface area (Å²) in [6, 6.07) is 12.1. The predicted molar refractivity (Wildman–Crippen MR) is 72.4 cm³/mol. The zero-order valence-corrected chi connectivity index (χ0v) is 10.9. The summed E-state index contributed by atoms with van der Waals surface area (Å²) in [5.41, 5.74) is 1.11. The Bertz CT molecular complexity index is 467. The molecule has 2 nitrogen and oxygen atoms in total. The molecule has 2 N–H and O–H groups in total. The number of aromatic hydroxyl groups is 1. The van der Waals surface area contributed by atoms with Gasteiger partial charge in [-0.05, 0) is 43.0 Å². The van der Waals surface area contributed by atoms with Crippen LogP contribution < -0.4 is 5.32 Å². The van der Waals surface area contributed by atoms with Crippen molar-refractivity contribution in [1.29, 1.82) is 0 Å².